The van der Waals surface area contributed by atoms with Crippen LogP contribution in [0.1, 0.15) is 35.6 Å². The number of hydrogen-bond donors (Lipinski definition) is 1. The molecule has 0 unspecified atom stereocenters. The molecule has 0 aromatic carbocycles. The van der Waals surface area contributed by atoms with Crippen LogP contribution in [0.2, 0.25) is 0 Å². The van der Waals surface area contributed by atoms with E-state index in [9.17, 15) is 5.11 Å². The van der Waals surface area contributed by atoms with Crippen LogP contribution in [-0.2, 0) is 0 Å². The molecule has 0 radical (unpaired) electrons. The molecule has 0 bridgehead atoms. The van der Waals surface area contributed by atoms with Crippen LogP contribution in [0.4, 0.5) is 0 Å². The topological polar surface area (TPSA) is 66.8 Å². The van der Waals surface area contributed by atoms with Gasteiger partial charge in [-0.3, -0.25) is 4.90 Å². The Kier molecular flexibility index (Phi) is 4.26. The molecule has 4 aromatic heterocycles. The van der Waals surface area contributed by atoms with Gasteiger partial charge in [-0.2, -0.15) is 9.50 Å². The molecule has 4 aromatic rings. The molecular weight excluding hydrogens is 380 g/mol. The average Bonchev–Trinajstić information content (AvgIpc) is 3.42. The zero-order chi connectivity index (χ0) is 18.4. The SMILES string of the molecule is C[C@@H]1CCCN([C@@H](c2cccs2)c2sc3nc(-c4ccco4)nn3c2O)C1. The number of piperidine rings is 1. The summed E-state index contributed by atoms with van der Waals surface area (Å²) in [7, 11) is 0. The monoisotopic (exact) mass is 400 g/mol. The first-order valence-electron chi connectivity index (χ1n) is 9.10. The fraction of sp³-hybridized carbons (Fsp3) is 0.368. The molecule has 1 aliphatic rings. The van der Waals surface area contributed by atoms with Crippen LogP contribution < -0.4 is 0 Å². The Labute approximate surface area is 164 Å². The number of thiophene rings is 1. The predicted molar refractivity (Wildman–Crippen MR) is 106 cm³/mol. The van der Waals surface area contributed by atoms with E-state index in [-0.39, 0.29) is 11.9 Å². The Morgan fingerprint density at radius 1 is 1.33 bits per heavy atom. The Bertz CT molecular complexity index is 1040. The van der Waals surface area contributed by atoms with Crippen molar-refractivity contribution < 1.29 is 9.52 Å². The number of rotatable bonds is 4. The van der Waals surface area contributed by atoms with Crippen LogP contribution in [0.15, 0.2) is 40.3 Å². The first-order chi connectivity index (χ1) is 13.2. The lowest BCUT2D eigenvalue weighted by atomic mass is 9.98. The minimum atomic E-state index is 0.0494. The molecule has 0 saturated carbocycles. The number of aromatic nitrogens is 3. The van der Waals surface area contributed by atoms with Gasteiger partial charge in [0.2, 0.25) is 16.7 Å². The molecule has 6 nitrogen and oxygen atoms in total. The fourth-order valence-corrected chi connectivity index (χ4v) is 5.87. The number of nitrogens with zero attached hydrogens (tertiary/aromatic N) is 4. The summed E-state index contributed by atoms with van der Waals surface area (Å²) in [4.78, 5) is 9.88. The van der Waals surface area contributed by atoms with Gasteiger partial charge < -0.3 is 9.52 Å². The molecular formula is C19H20N4O2S2. The highest BCUT2D eigenvalue weighted by molar-refractivity contribution is 7.17. The second-order valence-electron chi connectivity index (χ2n) is 7.06. The van der Waals surface area contributed by atoms with E-state index < -0.39 is 0 Å². The smallest absolute Gasteiger partial charge is 0.230 e. The highest BCUT2D eigenvalue weighted by Crippen LogP contribution is 2.43. The quantitative estimate of drug-likeness (QED) is 0.541. The molecule has 8 heteroatoms. The molecule has 1 fully saturated rings. The van der Waals surface area contributed by atoms with Gasteiger partial charge in [0.05, 0.1) is 17.2 Å². The molecule has 0 aliphatic carbocycles. The summed E-state index contributed by atoms with van der Waals surface area (Å²) >= 11 is 3.24. The Hall–Kier alpha value is -2.16. The zero-order valence-corrected chi connectivity index (χ0v) is 16.5. The van der Waals surface area contributed by atoms with E-state index in [2.05, 4.69) is 39.4 Å². The third-order valence-electron chi connectivity index (χ3n) is 5.06. The average molecular weight is 401 g/mol. The van der Waals surface area contributed by atoms with Gasteiger partial charge in [0.25, 0.3) is 0 Å². The van der Waals surface area contributed by atoms with Gasteiger partial charge >= 0.3 is 0 Å². The fourth-order valence-electron chi connectivity index (χ4n) is 3.82. The molecule has 140 valence electrons. The summed E-state index contributed by atoms with van der Waals surface area (Å²) in [6.07, 6.45) is 4.05. The van der Waals surface area contributed by atoms with Crippen molar-refractivity contribution >= 4 is 27.6 Å². The Morgan fingerprint density at radius 2 is 2.26 bits per heavy atom. The summed E-state index contributed by atoms with van der Waals surface area (Å²) in [6, 6.07) is 7.90. The van der Waals surface area contributed by atoms with Crippen molar-refractivity contribution in [2.45, 2.75) is 25.8 Å². The van der Waals surface area contributed by atoms with Crippen LogP contribution >= 0.6 is 22.7 Å². The van der Waals surface area contributed by atoms with Crippen molar-refractivity contribution in [2.24, 2.45) is 5.92 Å². The number of hydrogen-bond acceptors (Lipinski definition) is 7. The van der Waals surface area contributed by atoms with Crippen LogP contribution in [0, 0.1) is 5.92 Å². The molecule has 5 rings (SSSR count). The number of fused-ring (bicyclic) bond motifs is 1. The molecule has 5 heterocycles. The maximum Gasteiger partial charge on any atom is 0.230 e. The predicted octanol–water partition coefficient (Wildman–Crippen LogP) is 4.64. The maximum absolute atomic E-state index is 11.0. The van der Waals surface area contributed by atoms with Crippen molar-refractivity contribution in [3.63, 3.8) is 0 Å². The lowest BCUT2D eigenvalue weighted by Gasteiger charge is -2.36. The van der Waals surface area contributed by atoms with Gasteiger partial charge in [-0.25, -0.2) is 0 Å². The van der Waals surface area contributed by atoms with Gasteiger partial charge in [-0.15, -0.1) is 16.4 Å². The van der Waals surface area contributed by atoms with Crippen LogP contribution in [0.25, 0.3) is 16.5 Å². The maximum atomic E-state index is 11.0. The van der Waals surface area contributed by atoms with Crippen molar-refractivity contribution in [3.8, 4) is 17.5 Å². The van der Waals surface area contributed by atoms with E-state index in [1.165, 1.54) is 33.6 Å². The Balaban J connectivity index is 1.58. The number of likely N-dealkylation sites (tertiary alicyclic amines) is 1. The van der Waals surface area contributed by atoms with Crippen molar-refractivity contribution in [1.82, 2.24) is 19.5 Å². The summed E-state index contributed by atoms with van der Waals surface area (Å²) < 4.78 is 6.91. The highest BCUT2D eigenvalue weighted by atomic mass is 32.1. The number of aromatic hydroxyl groups is 1. The third kappa shape index (κ3) is 2.97. The normalized spacial score (nSPS) is 19.7. The molecule has 1 N–H and O–H groups in total. The number of thiazole rings is 1. The van der Waals surface area contributed by atoms with Crippen LogP contribution in [0.5, 0.6) is 5.88 Å². The van der Waals surface area contributed by atoms with E-state index in [1.807, 2.05) is 6.07 Å². The van der Waals surface area contributed by atoms with Crippen molar-refractivity contribution in [1.29, 1.82) is 0 Å². The summed E-state index contributed by atoms with van der Waals surface area (Å²) in [5, 5.41) is 17.5. The van der Waals surface area contributed by atoms with Crippen LogP contribution in [0.3, 0.4) is 0 Å². The number of furan rings is 1. The van der Waals surface area contributed by atoms with Crippen LogP contribution in [-0.4, -0.2) is 37.7 Å². The third-order valence-corrected chi connectivity index (χ3v) is 7.05. The lowest BCUT2D eigenvalue weighted by molar-refractivity contribution is 0.150. The summed E-state index contributed by atoms with van der Waals surface area (Å²) in [5.41, 5.74) is 0. The van der Waals surface area contributed by atoms with E-state index in [0.717, 1.165) is 18.0 Å². The molecule has 1 saturated heterocycles. The van der Waals surface area contributed by atoms with E-state index in [4.69, 9.17) is 4.42 Å². The van der Waals surface area contributed by atoms with Gasteiger partial charge in [0.1, 0.15) is 0 Å². The van der Waals surface area contributed by atoms with Crippen molar-refractivity contribution in [2.75, 3.05) is 13.1 Å². The van der Waals surface area contributed by atoms with Gasteiger partial charge in [0, 0.05) is 11.4 Å². The summed E-state index contributed by atoms with van der Waals surface area (Å²) in [6.45, 7) is 4.38. The first kappa shape index (κ1) is 17.0. The highest BCUT2D eigenvalue weighted by Gasteiger charge is 2.32. The lowest BCUT2D eigenvalue weighted by Crippen LogP contribution is -2.37. The van der Waals surface area contributed by atoms with Gasteiger partial charge in [-0.05, 0) is 48.9 Å². The van der Waals surface area contributed by atoms with Gasteiger partial charge in [0.15, 0.2) is 5.76 Å². The zero-order valence-electron chi connectivity index (χ0n) is 14.9. The standard InChI is InChI=1S/C19H20N4O2S2/c1-12-5-2-8-22(11-12)15(14-7-4-10-26-14)16-18(24)23-19(27-16)20-17(21-23)13-6-3-9-25-13/h3-4,6-7,9-10,12,15,24H,2,5,8,11H2,1H3/t12-,15+/m1/s1. The molecule has 1 aliphatic heterocycles. The Morgan fingerprint density at radius 3 is 2.96 bits per heavy atom. The molecule has 2 atom stereocenters. The van der Waals surface area contributed by atoms with E-state index >= 15 is 0 Å². The van der Waals surface area contributed by atoms with E-state index in [0.29, 0.717) is 22.5 Å². The molecule has 27 heavy (non-hydrogen) atoms. The molecule has 0 spiro atoms. The minimum absolute atomic E-state index is 0.0494. The first-order valence-corrected chi connectivity index (χ1v) is 10.8. The largest absolute Gasteiger partial charge is 0.492 e. The summed E-state index contributed by atoms with van der Waals surface area (Å²) in [5.74, 6) is 1.94. The molecule has 0 amide bonds. The van der Waals surface area contributed by atoms with E-state index in [1.54, 1.807) is 23.7 Å². The van der Waals surface area contributed by atoms with Crippen molar-refractivity contribution in [3.05, 3.63) is 45.7 Å². The second kappa shape index (κ2) is 6.78. The minimum Gasteiger partial charge on any atom is -0.492 e. The second-order valence-corrected chi connectivity index (χ2v) is 9.05. The van der Waals surface area contributed by atoms with Gasteiger partial charge in [-0.1, -0.05) is 24.3 Å².